The number of rotatable bonds is 10. The molecule has 0 aliphatic carbocycles. The molecule has 0 aliphatic rings. The number of ether oxygens (including phenoxy) is 2. The van der Waals surface area contributed by atoms with Gasteiger partial charge in [-0.25, -0.2) is 13.8 Å². The van der Waals surface area contributed by atoms with Gasteiger partial charge >= 0.3 is 0 Å². The molecule has 0 radical (unpaired) electrons. The fraction of sp³-hybridized carbons (Fsp3) is 0.200. The van der Waals surface area contributed by atoms with Crippen LogP contribution >= 0.6 is 11.6 Å². The van der Waals surface area contributed by atoms with E-state index in [1.165, 1.54) is 25.5 Å². The van der Waals surface area contributed by atoms with Crippen LogP contribution in [0.5, 0.6) is 11.5 Å². The molecule has 0 saturated carbocycles. The number of hydrogen-bond donors (Lipinski definition) is 1. The number of nitrogens with zero attached hydrogens (tertiary/aromatic N) is 2. The van der Waals surface area contributed by atoms with Crippen molar-refractivity contribution in [3.63, 3.8) is 0 Å². The zero-order chi connectivity index (χ0) is 25.4. The molecular weight excluding hydrogens is 490 g/mol. The van der Waals surface area contributed by atoms with Gasteiger partial charge in [0.15, 0.2) is 0 Å². The lowest BCUT2D eigenvalue weighted by atomic mass is 10.2. The highest BCUT2D eigenvalue weighted by atomic mass is 35.5. The maximum atomic E-state index is 13.3. The van der Waals surface area contributed by atoms with Crippen molar-refractivity contribution in [3.05, 3.63) is 88.4 Å². The van der Waals surface area contributed by atoms with E-state index in [-0.39, 0.29) is 11.4 Å². The summed E-state index contributed by atoms with van der Waals surface area (Å²) < 4.78 is 38.3. The Labute approximate surface area is 210 Å². The second kappa shape index (κ2) is 11.8. The van der Waals surface area contributed by atoms with Crippen molar-refractivity contribution >= 4 is 33.7 Å². The van der Waals surface area contributed by atoms with Crippen LogP contribution in [0.25, 0.3) is 0 Å². The molecule has 0 saturated heterocycles. The monoisotopic (exact) mass is 515 g/mol. The molecule has 0 heterocycles. The van der Waals surface area contributed by atoms with E-state index >= 15 is 0 Å². The second-order valence-corrected chi connectivity index (χ2v) is 9.99. The number of nitrogens with one attached hydrogen (secondary N) is 1. The highest BCUT2D eigenvalue weighted by molar-refractivity contribution is 7.89. The molecule has 0 fully saturated rings. The van der Waals surface area contributed by atoms with Crippen LogP contribution in [0.4, 0.5) is 0 Å². The van der Waals surface area contributed by atoms with Gasteiger partial charge in [-0.05, 0) is 48.9 Å². The first-order valence-corrected chi connectivity index (χ1v) is 12.4. The molecule has 0 aliphatic heterocycles. The van der Waals surface area contributed by atoms with Gasteiger partial charge in [0.05, 0.1) is 31.9 Å². The van der Waals surface area contributed by atoms with Crippen LogP contribution in [-0.4, -0.2) is 45.6 Å². The van der Waals surface area contributed by atoms with Crippen LogP contribution in [-0.2, 0) is 21.4 Å². The Balaban J connectivity index is 1.79. The highest BCUT2D eigenvalue weighted by Gasteiger charge is 2.27. The maximum Gasteiger partial charge on any atom is 0.255 e. The SMILES string of the molecule is COc1ccc(/C=N\NC(=O)CN(Cc2ccc(Cl)cc2)S(=O)(=O)c2ccc(C)cc2)c(OC)c1. The number of sulfonamides is 1. The number of carbonyl (C=O) groups excluding carboxylic acids is 1. The zero-order valence-electron chi connectivity index (χ0n) is 19.6. The number of methoxy groups -OCH3 is 2. The maximum absolute atomic E-state index is 13.3. The van der Waals surface area contributed by atoms with Crippen molar-refractivity contribution in [3.8, 4) is 11.5 Å². The predicted molar refractivity (Wildman–Crippen MR) is 136 cm³/mol. The first-order valence-electron chi connectivity index (χ1n) is 10.6. The predicted octanol–water partition coefficient (Wildman–Crippen LogP) is 4.01. The average molecular weight is 516 g/mol. The lowest BCUT2D eigenvalue weighted by Crippen LogP contribution is -2.39. The average Bonchev–Trinajstić information content (AvgIpc) is 2.85. The Bertz CT molecular complexity index is 1290. The summed E-state index contributed by atoms with van der Waals surface area (Å²) in [5.74, 6) is 0.522. The van der Waals surface area contributed by atoms with Gasteiger partial charge in [-0.3, -0.25) is 4.79 Å². The molecule has 3 aromatic carbocycles. The second-order valence-electron chi connectivity index (χ2n) is 7.61. The minimum Gasteiger partial charge on any atom is -0.497 e. The third-order valence-corrected chi connectivity index (χ3v) is 7.14. The molecule has 35 heavy (non-hydrogen) atoms. The molecule has 10 heteroatoms. The lowest BCUT2D eigenvalue weighted by Gasteiger charge is -2.21. The van der Waals surface area contributed by atoms with Gasteiger partial charge < -0.3 is 9.47 Å². The first-order chi connectivity index (χ1) is 16.7. The molecule has 0 atom stereocenters. The van der Waals surface area contributed by atoms with Crippen molar-refractivity contribution in [2.24, 2.45) is 5.10 Å². The third-order valence-electron chi connectivity index (χ3n) is 5.08. The van der Waals surface area contributed by atoms with Crippen LogP contribution in [0.15, 0.2) is 76.7 Å². The summed E-state index contributed by atoms with van der Waals surface area (Å²) in [6, 6.07) is 18.4. The number of benzene rings is 3. The number of halogens is 1. The zero-order valence-corrected chi connectivity index (χ0v) is 21.1. The highest BCUT2D eigenvalue weighted by Crippen LogP contribution is 2.23. The van der Waals surface area contributed by atoms with Crippen molar-refractivity contribution in [2.75, 3.05) is 20.8 Å². The summed E-state index contributed by atoms with van der Waals surface area (Å²) in [7, 11) is -0.909. The Kier molecular flexibility index (Phi) is 8.86. The van der Waals surface area contributed by atoms with E-state index in [1.54, 1.807) is 61.7 Å². The fourth-order valence-corrected chi connectivity index (χ4v) is 4.68. The van der Waals surface area contributed by atoms with Crippen molar-refractivity contribution in [1.82, 2.24) is 9.73 Å². The number of amides is 1. The molecule has 0 aromatic heterocycles. The minimum absolute atomic E-state index is 0.0170. The molecule has 1 amide bonds. The summed E-state index contributed by atoms with van der Waals surface area (Å²) in [5.41, 5.74) is 4.61. The molecule has 3 rings (SSSR count). The minimum atomic E-state index is -3.96. The van der Waals surface area contributed by atoms with Crippen LogP contribution in [0.1, 0.15) is 16.7 Å². The van der Waals surface area contributed by atoms with Crippen molar-refractivity contribution in [1.29, 1.82) is 0 Å². The largest absolute Gasteiger partial charge is 0.497 e. The molecule has 0 spiro atoms. The molecule has 0 bridgehead atoms. The Morgan fingerprint density at radius 3 is 2.34 bits per heavy atom. The summed E-state index contributed by atoms with van der Waals surface area (Å²) in [6.45, 7) is 1.41. The number of carbonyl (C=O) groups is 1. The van der Waals surface area contributed by atoms with E-state index in [0.29, 0.717) is 27.6 Å². The van der Waals surface area contributed by atoms with E-state index < -0.39 is 22.5 Å². The van der Waals surface area contributed by atoms with Crippen LogP contribution in [0, 0.1) is 6.92 Å². The summed E-state index contributed by atoms with van der Waals surface area (Å²) >= 11 is 5.95. The first kappa shape index (κ1) is 26.2. The number of hydrazone groups is 1. The third kappa shape index (κ3) is 7.05. The van der Waals surface area contributed by atoms with Crippen LogP contribution in [0.2, 0.25) is 5.02 Å². The van der Waals surface area contributed by atoms with E-state index in [9.17, 15) is 13.2 Å². The number of aryl methyl sites for hydroxylation is 1. The molecule has 1 N–H and O–H groups in total. The van der Waals surface area contributed by atoms with Crippen LogP contribution < -0.4 is 14.9 Å². The quantitative estimate of drug-likeness (QED) is 0.325. The van der Waals surface area contributed by atoms with Gasteiger partial charge in [0, 0.05) is 23.2 Å². The molecular formula is C25H26ClN3O5S. The van der Waals surface area contributed by atoms with Gasteiger partial charge in [-0.2, -0.15) is 9.41 Å². The normalized spacial score (nSPS) is 11.6. The molecule has 184 valence electrons. The molecule has 8 nitrogen and oxygen atoms in total. The number of hydrogen-bond acceptors (Lipinski definition) is 6. The van der Waals surface area contributed by atoms with Gasteiger partial charge in [0.2, 0.25) is 10.0 Å². The molecule has 3 aromatic rings. The van der Waals surface area contributed by atoms with E-state index in [1.807, 2.05) is 6.92 Å². The summed E-state index contributed by atoms with van der Waals surface area (Å²) in [6.07, 6.45) is 1.41. The smallest absolute Gasteiger partial charge is 0.255 e. The Morgan fingerprint density at radius 1 is 1.03 bits per heavy atom. The van der Waals surface area contributed by atoms with E-state index in [2.05, 4.69) is 10.5 Å². The van der Waals surface area contributed by atoms with E-state index in [4.69, 9.17) is 21.1 Å². The fourth-order valence-electron chi connectivity index (χ4n) is 3.17. The Morgan fingerprint density at radius 2 is 1.71 bits per heavy atom. The van der Waals surface area contributed by atoms with Crippen molar-refractivity contribution in [2.45, 2.75) is 18.4 Å². The summed E-state index contributed by atoms with van der Waals surface area (Å²) in [4.78, 5) is 12.8. The van der Waals surface area contributed by atoms with Gasteiger partial charge in [-0.15, -0.1) is 0 Å². The Hall–Kier alpha value is -3.40. The van der Waals surface area contributed by atoms with Gasteiger partial charge in [-0.1, -0.05) is 41.4 Å². The lowest BCUT2D eigenvalue weighted by molar-refractivity contribution is -0.121. The molecule has 0 unspecified atom stereocenters. The van der Waals surface area contributed by atoms with Crippen LogP contribution in [0.3, 0.4) is 0 Å². The van der Waals surface area contributed by atoms with E-state index in [0.717, 1.165) is 9.87 Å². The van der Waals surface area contributed by atoms with Gasteiger partial charge in [0.25, 0.3) is 5.91 Å². The van der Waals surface area contributed by atoms with Gasteiger partial charge in [0.1, 0.15) is 11.5 Å². The topological polar surface area (TPSA) is 97.3 Å². The van der Waals surface area contributed by atoms with Crippen molar-refractivity contribution < 1.29 is 22.7 Å². The summed E-state index contributed by atoms with van der Waals surface area (Å²) in [5, 5.41) is 4.49. The standard InChI is InChI=1S/C25H26ClN3O5S/c1-18-4-12-23(13-5-18)35(31,32)29(16-19-6-9-21(26)10-7-19)17-25(30)28-27-15-20-8-11-22(33-2)14-24(20)34-3/h4-15H,16-17H2,1-3H3,(H,28,30)/b27-15-.